The number of hydrogen-bond acceptors (Lipinski definition) is 4. The average Bonchev–Trinajstić information content (AvgIpc) is 3.27. The van der Waals surface area contributed by atoms with Gasteiger partial charge in [0.2, 0.25) is 11.8 Å². The Bertz CT molecular complexity index is 796. The fraction of sp³-hybridized carbons (Fsp3) is 0.350. The quantitative estimate of drug-likeness (QED) is 0.730. The molecule has 0 saturated carbocycles. The summed E-state index contributed by atoms with van der Waals surface area (Å²) in [7, 11) is 0. The van der Waals surface area contributed by atoms with Crippen molar-refractivity contribution in [2.45, 2.75) is 32.6 Å². The highest BCUT2D eigenvalue weighted by Gasteiger charge is 2.15. The summed E-state index contributed by atoms with van der Waals surface area (Å²) >= 11 is 1.44. The molecule has 1 aliphatic rings. The summed E-state index contributed by atoms with van der Waals surface area (Å²) in [5, 5.41) is 8.29. The molecule has 0 fully saturated rings. The van der Waals surface area contributed by atoms with Gasteiger partial charge in [0.15, 0.2) is 5.13 Å². The van der Waals surface area contributed by atoms with Crippen molar-refractivity contribution >= 4 is 28.3 Å². The lowest BCUT2D eigenvalue weighted by atomic mass is 10.1. The van der Waals surface area contributed by atoms with Crippen LogP contribution in [0.15, 0.2) is 41.8 Å². The van der Waals surface area contributed by atoms with Crippen LogP contribution in [0.4, 0.5) is 5.13 Å². The molecule has 5 nitrogen and oxygen atoms in total. The van der Waals surface area contributed by atoms with E-state index < -0.39 is 0 Å². The van der Waals surface area contributed by atoms with E-state index in [0.717, 1.165) is 36.1 Å². The van der Waals surface area contributed by atoms with Gasteiger partial charge in [-0.3, -0.25) is 9.59 Å². The maximum absolute atomic E-state index is 12.1. The van der Waals surface area contributed by atoms with Gasteiger partial charge in [0.25, 0.3) is 0 Å². The smallest absolute Gasteiger partial charge is 0.226 e. The lowest BCUT2D eigenvalue weighted by molar-refractivity contribution is -0.119. The van der Waals surface area contributed by atoms with E-state index in [1.165, 1.54) is 18.3 Å². The summed E-state index contributed by atoms with van der Waals surface area (Å²) in [4.78, 5) is 27.5. The standard InChI is InChI=1S/C20H23N3O2S/c1-14(24)21-11-10-15-6-8-17(9-7-15)18-13-26-20(22-18)23-19(25)12-16-4-2-3-5-16/h2,4,6-9,13,16H,3,5,10-12H2,1H3,(H,21,24)(H,22,23,25). The van der Waals surface area contributed by atoms with Crippen LogP contribution in [-0.4, -0.2) is 23.3 Å². The van der Waals surface area contributed by atoms with Crippen LogP contribution in [0.3, 0.4) is 0 Å². The maximum Gasteiger partial charge on any atom is 0.226 e. The Morgan fingerprint density at radius 2 is 2.08 bits per heavy atom. The molecule has 2 amide bonds. The minimum atomic E-state index is -0.0115. The van der Waals surface area contributed by atoms with Crippen molar-refractivity contribution in [3.63, 3.8) is 0 Å². The molecule has 0 spiro atoms. The van der Waals surface area contributed by atoms with E-state index in [0.29, 0.717) is 24.0 Å². The van der Waals surface area contributed by atoms with E-state index in [2.05, 4.69) is 27.8 Å². The summed E-state index contributed by atoms with van der Waals surface area (Å²) in [6.45, 7) is 2.16. The number of allylic oxidation sites excluding steroid dienone is 2. The average molecular weight is 369 g/mol. The number of anilines is 1. The first-order valence-electron chi connectivity index (χ1n) is 8.86. The van der Waals surface area contributed by atoms with E-state index in [-0.39, 0.29) is 11.8 Å². The van der Waals surface area contributed by atoms with Gasteiger partial charge < -0.3 is 10.6 Å². The molecule has 3 rings (SSSR count). The highest BCUT2D eigenvalue weighted by atomic mass is 32.1. The zero-order valence-corrected chi connectivity index (χ0v) is 15.6. The molecular formula is C20H23N3O2S. The number of aromatic nitrogens is 1. The molecule has 1 atom stereocenters. The molecule has 0 aliphatic heterocycles. The van der Waals surface area contributed by atoms with Crippen molar-refractivity contribution in [2.24, 2.45) is 5.92 Å². The van der Waals surface area contributed by atoms with Crippen molar-refractivity contribution in [3.05, 3.63) is 47.4 Å². The molecule has 1 aromatic carbocycles. The second-order valence-corrected chi connectivity index (χ2v) is 7.34. The molecule has 0 bridgehead atoms. The largest absolute Gasteiger partial charge is 0.356 e. The number of nitrogens with zero attached hydrogens (tertiary/aromatic N) is 1. The normalized spacial score (nSPS) is 15.8. The van der Waals surface area contributed by atoms with Crippen LogP contribution < -0.4 is 10.6 Å². The predicted octanol–water partition coefficient (Wildman–Crippen LogP) is 3.78. The minimum Gasteiger partial charge on any atom is -0.356 e. The van der Waals surface area contributed by atoms with Gasteiger partial charge in [-0.1, -0.05) is 36.4 Å². The van der Waals surface area contributed by atoms with Gasteiger partial charge in [-0.2, -0.15) is 0 Å². The molecule has 1 aliphatic carbocycles. The second kappa shape index (κ2) is 8.76. The van der Waals surface area contributed by atoms with Crippen LogP contribution in [0.2, 0.25) is 0 Å². The third-order valence-corrected chi connectivity index (χ3v) is 5.11. The van der Waals surface area contributed by atoms with E-state index in [9.17, 15) is 9.59 Å². The first kappa shape index (κ1) is 18.3. The van der Waals surface area contributed by atoms with Gasteiger partial charge in [-0.15, -0.1) is 11.3 Å². The lowest BCUT2D eigenvalue weighted by Crippen LogP contribution is -2.22. The van der Waals surface area contributed by atoms with E-state index >= 15 is 0 Å². The molecule has 0 saturated heterocycles. The van der Waals surface area contributed by atoms with Crippen molar-refractivity contribution in [2.75, 3.05) is 11.9 Å². The highest BCUT2D eigenvalue weighted by molar-refractivity contribution is 7.14. The Kier molecular flexibility index (Phi) is 6.17. The number of amides is 2. The van der Waals surface area contributed by atoms with E-state index in [4.69, 9.17) is 0 Å². The molecule has 2 N–H and O–H groups in total. The number of rotatable bonds is 7. The van der Waals surface area contributed by atoms with Gasteiger partial charge >= 0.3 is 0 Å². The first-order valence-corrected chi connectivity index (χ1v) is 9.74. The zero-order valence-electron chi connectivity index (χ0n) is 14.8. The summed E-state index contributed by atoms with van der Waals surface area (Å²) in [6, 6.07) is 8.13. The monoisotopic (exact) mass is 369 g/mol. The van der Waals surface area contributed by atoms with E-state index in [1.807, 2.05) is 29.6 Å². The summed E-state index contributed by atoms with van der Waals surface area (Å²) in [5.74, 6) is 0.373. The summed E-state index contributed by atoms with van der Waals surface area (Å²) < 4.78 is 0. The third-order valence-electron chi connectivity index (χ3n) is 4.35. The second-order valence-electron chi connectivity index (χ2n) is 6.49. The number of benzene rings is 1. The third kappa shape index (κ3) is 5.26. The molecule has 0 radical (unpaired) electrons. The van der Waals surface area contributed by atoms with Crippen LogP contribution >= 0.6 is 11.3 Å². The predicted molar refractivity (Wildman–Crippen MR) is 105 cm³/mol. The molecule has 1 unspecified atom stereocenters. The Labute approximate surface area is 157 Å². The molecule has 26 heavy (non-hydrogen) atoms. The van der Waals surface area contributed by atoms with Crippen LogP contribution in [0, 0.1) is 5.92 Å². The molecule has 136 valence electrons. The van der Waals surface area contributed by atoms with Crippen LogP contribution in [-0.2, 0) is 16.0 Å². The van der Waals surface area contributed by atoms with Crippen LogP contribution in [0.25, 0.3) is 11.3 Å². The Balaban J connectivity index is 1.54. The Morgan fingerprint density at radius 1 is 1.27 bits per heavy atom. The number of nitrogens with one attached hydrogen (secondary N) is 2. The number of hydrogen-bond donors (Lipinski definition) is 2. The molecule has 1 aromatic heterocycles. The van der Waals surface area contributed by atoms with Crippen molar-refractivity contribution in [1.29, 1.82) is 0 Å². The number of carbonyl (C=O) groups is 2. The van der Waals surface area contributed by atoms with Crippen molar-refractivity contribution in [1.82, 2.24) is 10.3 Å². The van der Waals surface area contributed by atoms with Gasteiger partial charge in [-0.05, 0) is 30.7 Å². The Hall–Kier alpha value is -2.47. The Morgan fingerprint density at radius 3 is 2.77 bits per heavy atom. The highest BCUT2D eigenvalue weighted by Crippen LogP contribution is 2.26. The number of carbonyl (C=O) groups excluding carboxylic acids is 2. The zero-order chi connectivity index (χ0) is 18.4. The minimum absolute atomic E-state index is 0.0115. The SMILES string of the molecule is CC(=O)NCCc1ccc(-c2csc(NC(=O)CC3C=CCC3)n2)cc1. The lowest BCUT2D eigenvalue weighted by Gasteiger charge is -2.06. The first-order chi connectivity index (χ1) is 12.6. The molecule has 6 heteroatoms. The summed E-state index contributed by atoms with van der Waals surface area (Å²) in [6.07, 6.45) is 7.72. The molecular weight excluding hydrogens is 346 g/mol. The molecule has 1 heterocycles. The van der Waals surface area contributed by atoms with Crippen molar-refractivity contribution < 1.29 is 9.59 Å². The fourth-order valence-corrected chi connectivity index (χ4v) is 3.70. The topological polar surface area (TPSA) is 71.1 Å². The van der Waals surface area contributed by atoms with Gasteiger partial charge in [-0.25, -0.2) is 4.98 Å². The number of thiazole rings is 1. The van der Waals surface area contributed by atoms with Crippen LogP contribution in [0.1, 0.15) is 31.7 Å². The fourth-order valence-electron chi connectivity index (χ4n) is 2.96. The summed E-state index contributed by atoms with van der Waals surface area (Å²) in [5.41, 5.74) is 3.04. The van der Waals surface area contributed by atoms with Gasteiger partial charge in [0.1, 0.15) is 0 Å². The van der Waals surface area contributed by atoms with Gasteiger partial charge in [0.05, 0.1) is 5.69 Å². The van der Waals surface area contributed by atoms with Gasteiger partial charge in [0, 0.05) is 30.8 Å². The van der Waals surface area contributed by atoms with Crippen LogP contribution in [0.5, 0.6) is 0 Å². The van der Waals surface area contributed by atoms with E-state index in [1.54, 1.807) is 0 Å². The van der Waals surface area contributed by atoms with Crippen molar-refractivity contribution in [3.8, 4) is 11.3 Å². The maximum atomic E-state index is 12.1. The molecule has 2 aromatic rings.